The van der Waals surface area contributed by atoms with Crippen LogP contribution in [0.3, 0.4) is 0 Å². The van der Waals surface area contributed by atoms with E-state index in [2.05, 4.69) is 10.1 Å². The van der Waals surface area contributed by atoms with Crippen molar-refractivity contribution in [2.24, 2.45) is 11.0 Å². The third kappa shape index (κ3) is 2.70. The molecule has 5 rings (SSSR count). The number of hydrogen-bond donors (Lipinski definition) is 1. The van der Waals surface area contributed by atoms with Gasteiger partial charge in [-0.25, -0.2) is 4.98 Å². The van der Waals surface area contributed by atoms with Crippen LogP contribution in [0.5, 0.6) is 0 Å². The zero-order valence-electron chi connectivity index (χ0n) is 14.7. The van der Waals surface area contributed by atoms with Crippen molar-refractivity contribution in [2.75, 3.05) is 5.01 Å². The van der Waals surface area contributed by atoms with Gasteiger partial charge < -0.3 is 5.11 Å². The summed E-state index contributed by atoms with van der Waals surface area (Å²) in [6.07, 6.45) is -4.85. The molecule has 0 spiro atoms. The minimum Gasteiger partial charge on any atom is -0.362 e. The van der Waals surface area contributed by atoms with E-state index in [9.17, 15) is 18.3 Å². The highest BCUT2D eigenvalue weighted by atomic mass is 35.5. The van der Waals surface area contributed by atoms with Crippen LogP contribution in [0.2, 0.25) is 5.02 Å². The molecule has 148 valence electrons. The Hall–Kier alpha value is -2.42. The van der Waals surface area contributed by atoms with Gasteiger partial charge in [0.2, 0.25) is 5.13 Å². The van der Waals surface area contributed by atoms with Crippen LogP contribution in [-0.4, -0.2) is 27.7 Å². The van der Waals surface area contributed by atoms with E-state index in [-0.39, 0.29) is 17.3 Å². The van der Waals surface area contributed by atoms with Crippen molar-refractivity contribution < 1.29 is 18.3 Å². The van der Waals surface area contributed by atoms with Gasteiger partial charge in [0, 0.05) is 21.5 Å². The van der Waals surface area contributed by atoms with Crippen molar-refractivity contribution >= 4 is 33.8 Å². The Morgan fingerprint density at radius 1 is 1.14 bits per heavy atom. The number of hydrogen-bond acceptors (Lipinski definition) is 5. The monoisotopic (exact) mass is 435 g/mol. The SMILES string of the molecule is O[C@]1(C(F)(F)F)[C@@H]2Cc3ccccc3C2=NN1c1nc(-c2ccc(Cl)cc2)cs1. The van der Waals surface area contributed by atoms with Crippen LogP contribution in [-0.2, 0) is 6.42 Å². The van der Waals surface area contributed by atoms with Crippen molar-refractivity contribution in [1.82, 2.24) is 4.98 Å². The largest absolute Gasteiger partial charge is 0.439 e. The molecule has 1 N–H and O–H groups in total. The Bertz CT molecular complexity index is 1130. The highest BCUT2D eigenvalue weighted by Gasteiger charge is 2.69. The fraction of sp³-hybridized carbons (Fsp3) is 0.200. The van der Waals surface area contributed by atoms with Gasteiger partial charge in [0.1, 0.15) is 0 Å². The zero-order chi connectivity index (χ0) is 20.4. The van der Waals surface area contributed by atoms with Gasteiger partial charge in [0.15, 0.2) is 0 Å². The van der Waals surface area contributed by atoms with Crippen molar-refractivity contribution in [3.63, 3.8) is 0 Å². The van der Waals surface area contributed by atoms with Crippen LogP contribution >= 0.6 is 22.9 Å². The van der Waals surface area contributed by atoms with Gasteiger partial charge >= 0.3 is 6.18 Å². The maximum Gasteiger partial charge on any atom is 0.439 e. The number of thiazole rings is 1. The Labute approximate surface area is 172 Å². The molecule has 2 aromatic carbocycles. The first-order valence-electron chi connectivity index (χ1n) is 8.76. The van der Waals surface area contributed by atoms with E-state index in [4.69, 9.17) is 11.6 Å². The predicted octanol–water partition coefficient (Wildman–Crippen LogP) is 5.11. The zero-order valence-corrected chi connectivity index (χ0v) is 16.3. The first-order chi connectivity index (χ1) is 13.8. The van der Waals surface area contributed by atoms with E-state index in [0.717, 1.165) is 16.9 Å². The fourth-order valence-electron chi connectivity index (χ4n) is 3.86. The molecule has 1 aliphatic carbocycles. The van der Waals surface area contributed by atoms with E-state index < -0.39 is 17.8 Å². The van der Waals surface area contributed by atoms with Crippen LogP contribution in [0.1, 0.15) is 11.1 Å². The maximum absolute atomic E-state index is 14.1. The summed E-state index contributed by atoms with van der Waals surface area (Å²) in [7, 11) is 0. The van der Waals surface area contributed by atoms with E-state index in [1.165, 1.54) is 0 Å². The van der Waals surface area contributed by atoms with Gasteiger partial charge in [-0.1, -0.05) is 48.0 Å². The molecule has 0 bridgehead atoms. The average Bonchev–Trinajstić information content (AvgIpc) is 3.36. The molecule has 0 saturated heterocycles. The molecular formula is C20H13ClF3N3OS. The van der Waals surface area contributed by atoms with Crippen molar-refractivity contribution in [2.45, 2.75) is 18.3 Å². The molecule has 2 aliphatic rings. The third-order valence-electron chi connectivity index (χ3n) is 5.29. The smallest absolute Gasteiger partial charge is 0.362 e. The molecule has 0 amide bonds. The molecule has 3 aromatic rings. The fourth-order valence-corrected chi connectivity index (χ4v) is 4.82. The van der Waals surface area contributed by atoms with Crippen LogP contribution in [0.4, 0.5) is 18.3 Å². The van der Waals surface area contributed by atoms with Crippen LogP contribution in [0, 0.1) is 5.92 Å². The molecule has 0 fully saturated rings. The number of aromatic nitrogens is 1. The Morgan fingerprint density at radius 2 is 1.86 bits per heavy atom. The van der Waals surface area contributed by atoms with Crippen molar-refractivity contribution in [3.05, 3.63) is 70.1 Å². The van der Waals surface area contributed by atoms with Gasteiger partial charge in [-0.2, -0.15) is 23.3 Å². The number of aliphatic hydroxyl groups is 1. The molecule has 1 aromatic heterocycles. The second-order valence-electron chi connectivity index (χ2n) is 6.96. The molecule has 29 heavy (non-hydrogen) atoms. The van der Waals surface area contributed by atoms with Crippen LogP contribution < -0.4 is 5.01 Å². The van der Waals surface area contributed by atoms with E-state index in [0.29, 0.717) is 26.9 Å². The van der Waals surface area contributed by atoms with Gasteiger partial charge in [-0.05, 0) is 24.1 Å². The molecule has 4 nitrogen and oxygen atoms in total. The number of fused-ring (bicyclic) bond motifs is 3. The molecule has 0 radical (unpaired) electrons. The third-order valence-corrected chi connectivity index (χ3v) is 6.36. The van der Waals surface area contributed by atoms with Gasteiger partial charge in [0.05, 0.1) is 17.3 Å². The molecule has 0 saturated carbocycles. The lowest BCUT2D eigenvalue weighted by molar-refractivity contribution is -0.267. The molecule has 2 heterocycles. The summed E-state index contributed by atoms with van der Waals surface area (Å²) >= 11 is 6.89. The second kappa shape index (κ2) is 6.29. The van der Waals surface area contributed by atoms with Gasteiger partial charge in [-0.3, -0.25) is 0 Å². The quantitative estimate of drug-likeness (QED) is 0.608. The minimum atomic E-state index is -4.92. The van der Waals surface area contributed by atoms with E-state index in [1.807, 2.05) is 0 Å². The summed E-state index contributed by atoms with van der Waals surface area (Å²) in [5, 5.41) is 17.9. The Morgan fingerprint density at radius 3 is 2.59 bits per heavy atom. The molecule has 0 unspecified atom stereocenters. The number of anilines is 1. The summed E-state index contributed by atoms with van der Waals surface area (Å²) in [5.74, 6) is -1.21. The highest BCUT2D eigenvalue weighted by molar-refractivity contribution is 7.14. The number of rotatable bonds is 2. The summed E-state index contributed by atoms with van der Waals surface area (Å²) in [6, 6.07) is 13.8. The Balaban J connectivity index is 1.60. The highest BCUT2D eigenvalue weighted by Crippen LogP contribution is 2.51. The van der Waals surface area contributed by atoms with Crippen LogP contribution in [0.25, 0.3) is 11.3 Å². The van der Waals surface area contributed by atoms with Gasteiger partial charge in [-0.15, -0.1) is 11.3 Å². The molecule has 9 heteroatoms. The number of alkyl halides is 3. The summed E-state index contributed by atoms with van der Waals surface area (Å²) in [5.41, 5.74) is -0.328. The summed E-state index contributed by atoms with van der Waals surface area (Å²) in [4.78, 5) is 4.32. The topological polar surface area (TPSA) is 48.7 Å². The average molecular weight is 436 g/mol. The predicted molar refractivity (Wildman–Crippen MR) is 106 cm³/mol. The molecule has 1 aliphatic heterocycles. The second-order valence-corrected chi connectivity index (χ2v) is 8.23. The normalized spacial score (nSPS) is 23.1. The van der Waals surface area contributed by atoms with E-state index in [1.54, 1.807) is 53.9 Å². The lowest BCUT2D eigenvalue weighted by Crippen LogP contribution is -2.60. The summed E-state index contributed by atoms with van der Waals surface area (Å²) in [6.45, 7) is 0. The molecular weight excluding hydrogens is 423 g/mol. The number of nitrogens with zero attached hydrogens (tertiary/aromatic N) is 3. The Kier molecular flexibility index (Phi) is 4.03. The first-order valence-corrected chi connectivity index (χ1v) is 10.0. The number of hydrazone groups is 1. The maximum atomic E-state index is 14.1. The summed E-state index contributed by atoms with van der Waals surface area (Å²) < 4.78 is 42.3. The number of benzene rings is 2. The lowest BCUT2D eigenvalue weighted by atomic mass is 9.91. The molecule has 2 atom stereocenters. The van der Waals surface area contributed by atoms with Gasteiger partial charge in [0.25, 0.3) is 5.72 Å². The standard InChI is InChI=1S/C20H13ClF3N3OS/c21-13-7-5-11(6-8-13)16-10-29-18(25-16)27-19(28,20(22,23)24)15-9-12-3-1-2-4-14(12)17(15)26-27/h1-8,10,15,28H,9H2/t15-,19+/m1/s1. The minimum absolute atomic E-state index is 0.0193. The van der Waals surface area contributed by atoms with E-state index >= 15 is 0 Å². The van der Waals surface area contributed by atoms with Crippen LogP contribution in [0.15, 0.2) is 59.0 Å². The lowest BCUT2D eigenvalue weighted by Gasteiger charge is -2.36. The van der Waals surface area contributed by atoms with Crippen molar-refractivity contribution in [3.8, 4) is 11.3 Å². The first kappa shape index (κ1) is 18.6. The van der Waals surface area contributed by atoms with Crippen molar-refractivity contribution in [1.29, 1.82) is 0 Å². The number of halogens is 4.